The lowest BCUT2D eigenvalue weighted by Crippen LogP contribution is -1.95. The van der Waals surface area contributed by atoms with Crippen LogP contribution in [0.2, 0.25) is 0 Å². The van der Waals surface area contributed by atoms with Crippen molar-refractivity contribution in [3.05, 3.63) is 46.6 Å². The van der Waals surface area contributed by atoms with Crippen molar-refractivity contribution in [3.8, 4) is 11.4 Å². The quantitative estimate of drug-likeness (QED) is 0.578. The summed E-state index contributed by atoms with van der Waals surface area (Å²) in [6.07, 6.45) is 4.16. The molecule has 0 saturated heterocycles. The van der Waals surface area contributed by atoms with Crippen LogP contribution >= 0.6 is 11.3 Å². The van der Waals surface area contributed by atoms with Gasteiger partial charge in [0, 0.05) is 29.9 Å². The van der Waals surface area contributed by atoms with E-state index in [1.54, 1.807) is 16.9 Å². The smallest absolute Gasteiger partial charge is 0.234 e. The molecule has 0 fully saturated rings. The second kappa shape index (κ2) is 4.99. The van der Waals surface area contributed by atoms with E-state index in [-0.39, 0.29) is 0 Å². The first-order chi connectivity index (χ1) is 10.7. The zero-order chi connectivity index (χ0) is 15.1. The van der Waals surface area contributed by atoms with Crippen LogP contribution < -0.4 is 0 Å². The largest absolute Gasteiger partial charge is 0.361 e. The van der Waals surface area contributed by atoms with Crippen molar-refractivity contribution in [1.82, 2.24) is 30.0 Å². The Hall–Kier alpha value is -2.61. The zero-order valence-corrected chi connectivity index (χ0v) is 12.8. The first kappa shape index (κ1) is 13.1. The number of aryl methyl sites for hydroxylation is 2. The summed E-state index contributed by atoms with van der Waals surface area (Å²) in [5, 5.41) is 17.9. The standard InChI is InChI=1S/C14H12N6OS/c1-8-11(9(2)21-19-8)6-12-18-20-13(16-17-14(20)22-12)10-4-3-5-15-7-10/h3-5,7H,6H2,1-2H3. The minimum Gasteiger partial charge on any atom is -0.361 e. The molecule has 4 aromatic heterocycles. The van der Waals surface area contributed by atoms with Crippen LogP contribution in [-0.4, -0.2) is 30.0 Å². The lowest BCUT2D eigenvalue weighted by atomic mass is 10.1. The van der Waals surface area contributed by atoms with Crippen molar-refractivity contribution in [2.45, 2.75) is 20.3 Å². The highest BCUT2D eigenvalue weighted by molar-refractivity contribution is 7.16. The normalized spacial score (nSPS) is 11.4. The van der Waals surface area contributed by atoms with Gasteiger partial charge in [0.1, 0.15) is 10.8 Å². The lowest BCUT2D eigenvalue weighted by molar-refractivity contribution is 0.392. The van der Waals surface area contributed by atoms with Gasteiger partial charge >= 0.3 is 0 Å². The second-order valence-corrected chi connectivity index (χ2v) is 5.98. The Morgan fingerprint density at radius 2 is 2.18 bits per heavy atom. The highest BCUT2D eigenvalue weighted by Gasteiger charge is 2.16. The first-order valence-corrected chi connectivity index (χ1v) is 7.57. The average Bonchev–Trinajstić information content (AvgIpc) is 3.18. The van der Waals surface area contributed by atoms with Crippen molar-refractivity contribution in [3.63, 3.8) is 0 Å². The predicted molar refractivity (Wildman–Crippen MR) is 80.7 cm³/mol. The highest BCUT2D eigenvalue weighted by Crippen LogP contribution is 2.24. The third kappa shape index (κ3) is 2.08. The van der Waals surface area contributed by atoms with E-state index in [1.165, 1.54) is 11.3 Å². The van der Waals surface area contributed by atoms with Crippen LogP contribution in [-0.2, 0) is 6.42 Å². The van der Waals surface area contributed by atoms with E-state index in [1.807, 2.05) is 26.0 Å². The summed E-state index contributed by atoms with van der Waals surface area (Å²) in [5.41, 5.74) is 2.87. The topological polar surface area (TPSA) is 82.0 Å². The Morgan fingerprint density at radius 1 is 1.27 bits per heavy atom. The van der Waals surface area contributed by atoms with Crippen LogP contribution in [0, 0.1) is 13.8 Å². The molecule has 0 aliphatic rings. The van der Waals surface area contributed by atoms with Gasteiger partial charge in [0.2, 0.25) is 4.96 Å². The molecule has 0 saturated carbocycles. The maximum absolute atomic E-state index is 5.20. The fourth-order valence-corrected chi connectivity index (χ4v) is 3.15. The van der Waals surface area contributed by atoms with Crippen LogP contribution in [0.5, 0.6) is 0 Å². The molecule has 7 nitrogen and oxygen atoms in total. The van der Waals surface area contributed by atoms with Gasteiger partial charge in [-0.25, -0.2) is 0 Å². The highest BCUT2D eigenvalue weighted by atomic mass is 32.1. The molecule has 0 aromatic carbocycles. The summed E-state index contributed by atoms with van der Waals surface area (Å²) in [6, 6.07) is 3.81. The van der Waals surface area contributed by atoms with Crippen molar-refractivity contribution in [1.29, 1.82) is 0 Å². The van der Waals surface area contributed by atoms with Crippen molar-refractivity contribution >= 4 is 16.3 Å². The molecule has 0 bridgehead atoms. The number of pyridine rings is 1. The van der Waals surface area contributed by atoms with E-state index >= 15 is 0 Å². The third-order valence-electron chi connectivity index (χ3n) is 3.46. The van der Waals surface area contributed by atoms with Gasteiger partial charge in [-0.2, -0.15) is 9.61 Å². The van der Waals surface area contributed by atoms with Gasteiger partial charge in [-0.1, -0.05) is 16.5 Å². The van der Waals surface area contributed by atoms with Gasteiger partial charge in [0.05, 0.1) is 5.69 Å². The first-order valence-electron chi connectivity index (χ1n) is 6.75. The van der Waals surface area contributed by atoms with Crippen LogP contribution in [0.3, 0.4) is 0 Å². The Labute approximate surface area is 129 Å². The maximum atomic E-state index is 5.20. The molecule has 110 valence electrons. The fraction of sp³-hybridized carbons (Fsp3) is 0.214. The van der Waals surface area contributed by atoms with Gasteiger partial charge in [0.15, 0.2) is 5.82 Å². The molecule has 22 heavy (non-hydrogen) atoms. The lowest BCUT2D eigenvalue weighted by Gasteiger charge is -1.96. The molecule has 0 N–H and O–H groups in total. The molecule has 0 aliphatic carbocycles. The minimum absolute atomic E-state index is 0.682. The molecule has 0 unspecified atom stereocenters. The molecule has 0 aliphatic heterocycles. The summed E-state index contributed by atoms with van der Waals surface area (Å²) in [7, 11) is 0. The summed E-state index contributed by atoms with van der Waals surface area (Å²) in [6.45, 7) is 3.85. The minimum atomic E-state index is 0.682. The van der Waals surface area contributed by atoms with Gasteiger partial charge < -0.3 is 4.52 Å². The number of aromatic nitrogens is 6. The van der Waals surface area contributed by atoms with Crippen molar-refractivity contribution < 1.29 is 4.52 Å². The van der Waals surface area contributed by atoms with Crippen LogP contribution in [0.4, 0.5) is 0 Å². The Kier molecular flexibility index (Phi) is 2.97. The molecule has 4 rings (SSSR count). The van der Waals surface area contributed by atoms with Crippen molar-refractivity contribution in [2.24, 2.45) is 0 Å². The number of fused-ring (bicyclic) bond motifs is 1. The van der Waals surface area contributed by atoms with Gasteiger partial charge in [-0.05, 0) is 26.0 Å². The average molecular weight is 312 g/mol. The summed E-state index contributed by atoms with van der Waals surface area (Å²) in [5.74, 6) is 1.53. The molecule has 0 atom stereocenters. The predicted octanol–water partition coefficient (Wildman–Crippen LogP) is 2.44. The zero-order valence-electron chi connectivity index (χ0n) is 12.0. The van der Waals surface area contributed by atoms with E-state index in [9.17, 15) is 0 Å². The third-order valence-corrected chi connectivity index (χ3v) is 4.36. The molecule has 0 radical (unpaired) electrons. The van der Waals surface area contributed by atoms with Crippen LogP contribution in [0.25, 0.3) is 16.3 Å². The molecule has 4 heterocycles. The fourth-order valence-electron chi connectivity index (χ4n) is 2.31. The van der Waals surface area contributed by atoms with E-state index in [0.29, 0.717) is 12.2 Å². The molecular formula is C14H12N6OS. The maximum Gasteiger partial charge on any atom is 0.234 e. The van der Waals surface area contributed by atoms with Crippen LogP contribution in [0.15, 0.2) is 29.0 Å². The van der Waals surface area contributed by atoms with E-state index in [0.717, 1.165) is 32.5 Å². The summed E-state index contributed by atoms with van der Waals surface area (Å²) >= 11 is 1.52. The number of rotatable bonds is 3. The molecular weight excluding hydrogens is 300 g/mol. The van der Waals surface area contributed by atoms with Gasteiger partial charge in [-0.3, -0.25) is 4.98 Å². The molecule has 0 spiro atoms. The number of hydrogen-bond donors (Lipinski definition) is 0. The molecule has 8 heteroatoms. The van der Waals surface area contributed by atoms with E-state index < -0.39 is 0 Å². The Bertz CT molecular complexity index is 919. The van der Waals surface area contributed by atoms with E-state index in [2.05, 4.69) is 25.4 Å². The molecule has 4 aromatic rings. The second-order valence-electron chi connectivity index (χ2n) is 4.93. The number of nitrogens with zero attached hydrogens (tertiary/aromatic N) is 6. The number of hydrogen-bond acceptors (Lipinski definition) is 7. The van der Waals surface area contributed by atoms with E-state index in [4.69, 9.17) is 4.52 Å². The van der Waals surface area contributed by atoms with Crippen LogP contribution in [0.1, 0.15) is 22.0 Å². The van der Waals surface area contributed by atoms with Gasteiger partial charge in [0.25, 0.3) is 0 Å². The Morgan fingerprint density at radius 3 is 2.91 bits per heavy atom. The monoisotopic (exact) mass is 312 g/mol. The molecule has 0 amide bonds. The van der Waals surface area contributed by atoms with Crippen molar-refractivity contribution in [2.75, 3.05) is 0 Å². The SMILES string of the molecule is Cc1noc(C)c1Cc1nn2c(-c3cccnc3)nnc2s1. The summed E-state index contributed by atoms with van der Waals surface area (Å²) in [4.78, 5) is 4.88. The van der Waals surface area contributed by atoms with Gasteiger partial charge in [-0.15, -0.1) is 10.2 Å². The Balaban J connectivity index is 1.75. The summed E-state index contributed by atoms with van der Waals surface area (Å²) < 4.78 is 6.96.